The Labute approximate surface area is 273 Å². The number of amides is 2. The predicted molar refractivity (Wildman–Crippen MR) is 185 cm³/mol. The van der Waals surface area contributed by atoms with Crippen LogP contribution in [0.1, 0.15) is 40.3 Å². The van der Waals surface area contributed by atoms with Gasteiger partial charge in [0.1, 0.15) is 11.8 Å². The van der Waals surface area contributed by atoms with Crippen LogP contribution in [0.15, 0.2) is 109 Å². The summed E-state index contributed by atoms with van der Waals surface area (Å²) >= 11 is 0. The zero-order chi connectivity index (χ0) is 32.3. The molecule has 1 heterocycles. The van der Waals surface area contributed by atoms with Crippen molar-refractivity contribution in [3.8, 4) is 5.75 Å². The van der Waals surface area contributed by atoms with Crippen molar-refractivity contribution >= 4 is 17.9 Å². The molecule has 0 saturated carbocycles. The zero-order valence-corrected chi connectivity index (χ0v) is 27.3. The van der Waals surface area contributed by atoms with Gasteiger partial charge in [0.25, 0.3) is 0 Å². The number of hydrogen-bond donors (Lipinski definition) is 0. The molecule has 1 atom stereocenters. The van der Waals surface area contributed by atoms with Gasteiger partial charge >= 0.3 is 0 Å². The second-order valence-corrected chi connectivity index (χ2v) is 12.0. The number of methoxy groups -OCH3 is 1. The molecule has 1 aliphatic rings. The maximum absolute atomic E-state index is 14.5. The van der Waals surface area contributed by atoms with Gasteiger partial charge in [0.15, 0.2) is 0 Å². The highest BCUT2D eigenvalue weighted by atomic mass is 16.5. The average molecular weight is 616 g/mol. The Morgan fingerprint density at radius 3 is 2.04 bits per heavy atom. The van der Waals surface area contributed by atoms with Crippen molar-refractivity contribution < 1.29 is 14.3 Å². The van der Waals surface area contributed by atoms with E-state index in [1.165, 1.54) is 11.1 Å². The van der Waals surface area contributed by atoms with Gasteiger partial charge in [0.2, 0.25) is 11.8 Å². The van der Waals surface area contributed by atoms with E-state index in [-0.39, 0.29) is 11.8 Å². The molecule has 1 aliphatic heterocycles. The third kappa shape index (κ3) is 8.73. The first-order chi connectivity index (χ1) is 22.4. The van der Waals surface area contributed by atoms with E-state index in [9.17, 15) is 9.59 Å². The molecule has 238 valence electrons. The summed E-state index contributed by atoms with van der Waals surface area (Å²) in [6, 6.07) is 34.0. The molecule has 4 aromatic rings. The first kappa shape index (κ1) is 32.7. The first-order valence-corrected chi connectivity index (χ1v) is 16.2. The minimum absolute atomic E-state index is 0.00423. The second-order valence-electron chi connectivity index (χ2n) is 12.0. The third-order valence-electron chi connectivity index (χ3n) is 8.77. The maximum Gasteiger partial charge on any atom is 0.247 e. The number of rotatable bonds is 12. The van der Waals surface area contributed by atoms with E-state index in [1.807, 2.05) is 72.5 Å². The van der Waals surface area contributed by atoms with E-state index < -0.39 is 6.04 Å². The Hall–Kier alpha value is -4.68. The molecule has 1 fully saturated rings. The molecular weight excluding hydrogens is 570 g/mol. The monoisotopic (exact) mass is 615 g/mol. The normalized spacial score (nSPS) is 14.3. The van der Waals surface area contributed by atoms with Gasteiger partial charge in [-0.25, -0.2) is 0 Å². The summed E-state index contributed by atoms with van der Waals surface area (Å²) in [5, 5.41) is 0. The van der Waals surface area contributed by atoms with Gasteiger partial charge in [0.05, 0.1) is 7.11 Å². The molecular formula is C40H45N3O3. The Balaban J connectivity index is 1.41. The smallest absolute Gasteiger partial charge is 0.247 e. The first-order valence-electron chi connectivity index (χ1n) is 16.2. The van der Waals surface area contributed by atoms with Gasteiger partial charge in [-0.2, -0.15) is 0 Å². The molecule has 0 aliphatic carbocycles. The van der Waals surface area contributed by atoms with Crippen molar-refractivity contribution in [3.05, 3.63) is 143 Å². The molecule has 0 spiro atoms. The van der Waals surface area contributed by atoms with Crippen LogP contribution in [0.3, 0.4) is 0 Å². The Bertz CT molecular complexity index is 1590. The van der Waals surface area contributed by atoms with Crippen LogP contribution in [0.25, 0.3) is 6.08 Å². The van der Waals surface area contributed by atoms with Crippen LogP contribution in [-0.2, 0) is 35.5 Å². The standard InChI is InChI=1S/C40H45N3O3/c1-4-32-15-17-36(18-16-32)30-43(39(44)22-20-34-19-21-38(46-3)31(2)27-34)37(28-33-11-7-5-8-12-33)40(45)42-25-23-41(24-26-42)29-35-13-9-6-10-14-35/h5-22,27,37H,4,23-26,28-30H2,1-3H3. The summed E-state index contributed by atoms with van der Waals surface area (Å²) in [6.45, 7) is 8.17. The summed E-state index contributed by atoms with van der Waals surface area (Å²) in [5.41, 5.74) is 6.43. The van der Waals surface area contributed by atoms with Gasteiger partial charge in [-0.3, -0.25) is 14.5 Å². The van der Waals surface area contributed by atoms with E-state index in [4.69, 9.17) is 4.74 Å². The summed E-state index contributed by atoms with van der Waals surface area (Å²) < 4.78 is 5.41. The molecule has 5 rings (SSSR count). The van der Waals surface area contributed by atoms with Crippen LogP contribution >= 0.6 is 0 Å². The minimum atomic E-state index is -0.649. The Morgan fingerprint density at radius 1 is 0.804 bits per heavy atom. The molecule has 2 amide bonds. The largest absolute Gasteiger partial charge is 0.496 e. The lowest BCUT2D eigenvalue weighted by Crippen LogP contribution is -2.56. The van der Waals surface area contributed by atoms with Crippen LogP contribution in [-0.4, -0.2) is 65.8 Å². The number of carbonyl (C=O) groups is 2. The fourth-order valence-electron chi connectivity index (χ4n) is 6.03. The molecule has 4 aromatic carbocycles. The summed E-state index contributed by atoms with van der Waals surface area (Å²) in [6.07, 6.45) is 4.82. The zero-order valence-electron chi connectivity index (χ0n) is 27.3. The summed E-state index contributed by atoms with van der Waals surface area (Å²) in [5.74, 6) is 0.610. The third-order valence-corrected chi connectivity index (χ3v) is 8.77. The SMILES string of the molecule is CCc1ccc(CN(C(=O)C=Cc2ccc(OC)c(C)c2)C(Cc2ccccc2)C(=O)N2CCN(Cc3ccccc3)CC2)cc1. The molecule has 1 unspecified atom stereocenters. The topological polar surface area (TPSA) is 53.1 Å². The molecule has 0 bridgehead atoms. The number of benzene rings is 4. The van der Waals surface area contributed by atoms with Gasteiger partial charge in [-0.1, -0.05) is 97.9 Å². The van der Waals surface area contributed by atoms with E-state index in [0.29, 0.717) is 26.1 Å². The molecule has 6 heteroatoms. The molecule has 0 N–H and O–H groups in total. The lowest BCUT2D eigenvalue weighted by Gasteiger charge is -2.39. The van der Waals surface area contributed by atoms with Crippen LogP contribution in [0, 0.1) is 6.92 Å². The van der Waals surface area contributed by atoms with Gasteiger partial charge < -0.3 is 14.5 Å². The molecule has 1 saturated heterocycles. The van der Waals surface area contributed by atoms with Crippen LogP contribution in [0.4, 0.5) is 0 Å². The number of nitrogens with zero attached hydrogens (tertiary/aromatic N) is 3. The number of hydrogen-bond acceptors (Lipinski definition) is 4. The molecule has 46 heavy (non-hydrogen) atoms. The van der Waals surface area contributed by atoms with Crippen molar-refractivity contribution in [1.82, 2.24) is 14.7 Å². The molecule has 0 radical (unpaired) electrons. The van der Waals surface area contributed by atoms with E-state index in [0.717, 1.165) is 54.1 Å². The van der Waals surface area contributed by atoms with Gasteiger partial charge in [0, 0.05) is 51.8 Å². The second kappa shape index (κ2) is 16.1. The van der Waals surface area contributed by atoms with E-state index in [2.05, 4.69) is 60.4 Å². The molecule has 6 nitrogen and oxygen atoms in total. The van der Waals surface area contributed by atoms with Crippen molar-refractivity contribution in [2.24, 2.45) is 0 Å². The van der Waals surface area contributed by atoms with Crippen molar-refractivity contribution in [2.45, 2.75) is 45.8 Å². The highest BCUT2D eigenvalue weighted by Crippen LogP contribution is 2.22. The molecule has 0 aromatic heterocycles. The number of piperazine rings is 1. The average Bonchev–Trinajstić information content (AvgIpc) is 3.10. The Morgan fingerprint density at radius 2 is 1.43 bits per heavy atom. The lowest BCUT2D eigenvalue weighted by atomic mass is 10.0. The number of carbonyl (C=O) groups excluding carboxylic acids is 2. The highest BCUT2D eigenvalue weighted by molar-refractivity contribution is 5.96. The lowest BCUT2D eigenvalue weighted by molar-refractivity contribution is -0.145. The van der Waals surface area contributed by atoms with Crippen LogP contribution < -0.4 is 4.74 Å². The van der Waals surface area contributed by atoms with Gasteiger partial charge in [-0.05, 0) is 64.9 Å². The quantitative estimate of drug-likeness (QED) is 0.169. The fourth-order valence-corrected chi connectivity index (χ4v) is 6.03. The van der Waals surface area contributed by atoms with Crippen molar-refractivity contribution in [3.63, 3.8) is 0 Å². The minimum Gasteiger partial charge on any atom is -0.496 e. The predicted octanol–water partition coefficient (Wildman–Crippen LogP) is 6.56. The van der Waals surface area contributed by atoms with E-state index >= 15 is 0 Å². The van der Waals surface area contributed by atoms with E-state index in [1.54, 1.807) is 18.1 Å². The van der Waals surface area contributed by atoms with Crippen molar-refractivity contribution in [2.75, 3.05) is 33.3 Å². The number of aryl methyl sites for hydroxylation is 2. The fraction of sp³-hybridized carbons (Fsp3) is 0.300. The van der Waals surface area contributed by atoms with Crippen molar-refractivity contribution in [1.29, 1.82) is 0 Å². The Kier molecular flexibility index (Phi) is 11.4. The highest BCUT2D eigenvalue weighted by Gasteiger charge is 2.34. The summed E-state index contributed by atoms with van der Waals surface area (Å²) in [7, 11) is 1.65. The van der Waals surface area contributed by atoms with Crippen LogP contribution in [0.2, 0.25) is 0 Å². The maximum atomic E-state index is 14.5. The summed E-state index contributed by atoms with van der Waals surface area (Å²) in [4.78, 5) is 34.7. The number of ether oxygens (including phenoxy) is 1. The van der Waals surface area contributed by atoms with Gasteiger partial charge in [-0.15, -0.1) is 0 Å². The van der Waals surface area contributed by atoms with Crippen LogP contribution in [0.5, 0.6) is 5.75 Å².